The van der Waals surface area contributed by atoms with Crippen molar-refractivity contribution in [2.45, 2.75) is 26.4 Å². The van der Waals surface area contributed by atoms with Crippen LogP contribution in [0.4, 0.5) is 0 Å². The van der Waals surface area contributed by atoms with Crippen molar-refractivity contribution in [2.24, 2.45) is 5.16 Å². The molecule has 0 bridgehead atoms. The molecule has 38 heavy (non-hydrogen) atoms. The second-order valence-electron chi connectivity index (χ2n) is 8.77. The van der Waals surface area contributed by atoms with E-state index in [1.165, 1.54) is 19.6 Å². The summed E-state index contributed by atoms with van der Waals surface area (Å²) in [5, 5.41) is 16.1. The Labute approximate surface area is 226 Å². The molecule has 5 heteroatoms. The van der Waals surface area contributed by atoms with E-state index >= 15 is 0 Å². The maximum absolute atomic E-state index is 11.9. The largest absolute Gasteiger partial charge is 0.543 e. The summed E-state index contributed by atoms with van der Waals surface area (Å²) in [7, 11) is 0. The lowest BCUT2D eigenvalue weighted by atomic mass is 9.80. The Kier molecular flexibility index (Phi) is 10.8. The summed E-state index contributed by atoms with van der Waals surface area (Å²) in [5.41, 5.74) is 1.45. The van der Waals surface area contributed by atoms with Crippen LogP contribution in [0.15, 0.2) is 126 Å². The number of aliphatic carboxylic acids is 1. The standard InChI is InChI=1S/C27H21NO3.C6H15N/c29-26(30)25(21-13-5-1-6-14-21)28-31-27(22-15-7-2-8-16-22,23-17-9-3-10-18-23)24-19-11-4-12-20-24;1-4-7(5-2)6-3/h1-20H,(H,29,30);4-6H2,1-3H3/b28-25-;. The van der Waals surface area contributed by atoms with Crippen LogP contribution in [0.2, 0.25) is 0 Å². The van der Waals surface area contributed by atoms with E-state index in [1.54, 1.807) is 35.2 Å². The number of carbonyl (C=O) groups is 1. The average Bonchev–Trinajstić information content (AvgIpc) is 2.98. The Morgan fingerprint density at radius 2 is 1.00 bits per heavy atom. The van der Waals surface area contributed by atoms with Crippen molar-refractivity contribution in [1.82, 2.24) is 0 Å². The van der Waals surface area contributed by atoms with Crippen LogP contribution in [0.5, 0.6) is 0 Å². The zero-order valence-corrected chi connectivity index (χ0v) is 22.3. The summed E-state index contributed by atoms with van der Waals surface area (Å²) in [6.45, 7) is 10.5. The van der Waals surface area contributed by atoms with E-state index in [9.17, 15) is 9.90 Å². The fourth-order valence-corrected chi connectivity index (χ4v) is 4.34. The van der Waals surface area contributed by atoms with E-state index in [0.717, 1.165) is 16.7 Å². The summed E-state index contributed by atoms with van der Waals surface area (Å²) in [6, 6.07) is 37.5. The molecule has 0 aliphatic carbocycles. The number of carboxylic acid groups (broad SMARTS) is 1. The van der Waals surface area contributed by atoms with E-state index in [0.29, 0.717) is 5.56 Å². The van der Waals surface area contributed by atoms with Crippen LogP contribution in [-0.2, 0) is 15.2 Å². The van der Waals surface area contributed by atoms with Crippen molar-refractivity contribution in [1.29, 1.82) is 0 Å². The lowest BCUT2D eigenvalue weighted by molar-refractivity contribution is -0.894. The summed E-state index contributed by atoms with van der Waals surface area (Å²) in [5.74, 6) is -1.41. The van der Waals surface area contributed by atoms with Gasteiger partial charge in [0, 0.05) is 22.3 Å². The Balaban J connectivity index is 0.000000505. The van der Waals surface area contributed by atoms with Crippen LogP contribution in [0.25, 0.3) is 0 Å². The Bertz CT molecular complexity index is 1150. The number of oxime groups is 1. The molecule has 0 amide bonds. The lowest BCUT2D eigenvalue weighted by Crippen LogP contribution is -3.11. The molecule has 0 aliphatic heterocycles. The number of nitrogens with one attached hydrogen (secondary N) is 1. The molecular weight excluding hydrogens is 472 g/mol. The molecule has 0 heterocycles. The summed E-state index contributed by atoms with van der Waals surface area (Å²) in [6.07, 6.45) is 0. The van der Waals surface area contributed by atoms with Gasteiger partial charge in [-0.15, -0.1) is 0 Å². The maximum Gasteiger partial charge on any atom is 0.212 e. The van der Waals surface area contributed by atoms with E-state index < -0.39 is 11.6 Å². The third kappa shape index (κ3) is 6.96. The van der Waals surface area contributed by atoms with Crippen LogP contribution in [0.1, 0.15) is 43.0 Å². The van der Waals surface area contributed by atoms with Gasteiger partial charge in [-0.3, -0.25) is 0 Å². The SMILES string of the molecule is CC[NH+](CC)CC.O=C([O-])/C(=N\OC(c1ccccc1)(c1ccccc1)c1ccccc1)c1ccccc1. The highest BCUT2D eigenvalue weighted by Gasteiger charge is 2.39. The van der Waals surface area contributed by atoms with Gasteiger partial charge in [-0.1, -0.05) is 126 Å². The first kappa shape index (κ1) is 28.4. The monoisotopic (exact) mass is 508 g/mol. The van der Waals surface area contributed by atoms with Crippen LogP contribution in [0, 0.1) is 0 Å². The number of rotatable bonds is 10. The van der Waals surface area contributed by atoms with Gasteiger partial charge in [0.2, 0.25) is 5.60 Å². The minimum Gasteiger partial charge on any atom is -0.543 e. The highest BCUT2D eigenvalue weighted by atomic mass is 16.7. The topological polar surface area (TPSA) is 66.2 Å². The summed E-state index contributed by atoms with van der Waals surface area (Å²) in [4.78, 5) is 19.8. The first-order chi connectivity index (χ1) is 18.6. The highest BCUT2D eigenvalue weighted by molar-refractivity contribution is 6.41. The molecule has 1 N–H and O–H groups in total. The number of benzene rings is 4. The number of hydrogen-bond acceptors (Lipinski definition) is 4. The average molecular weight is 509 g/mol. The number of quaternary nitrogens is 1. The van der Waals surface area contributed by atoms with E-state index in [4.69, 9.17) is 4.84 Å². The molecule has 0 aliphatic rings. The first-order valence-corrected chi connectivity index (χ1v) is 13.1. The second kappa shape index (κ2) is 14.5. The second-order valence-corrected chi connectivity index (χ2v) is 8.77. The maximum atomic E-state index is 11.9. The van der Waals surface area contributed by atoms with Crippen molar-refractivity contribution in [3.8, 4) is 0 Å². The molecule has 0 radical (unpaired) electrons. The molecule has 0 saturated heterocycles. The third-order valence-electron chi connectivity index (χ3n) is 6.56. The first-order valence-electron chi connectivity index (χ1n) is 13.1. The van der Waals surface area contributed by atoms with Gasteiger partial charge in [0.25, 0.3) is 0 Å². The number of carbonyl (C=O) groups excluding carboxylic acids is 1. The van der Waals surface area contributed by atoms with Gasteiger partial charge in [0.1, 0.15) is 5.71 Å². The molecule has 5 nitrogen and oxygen atoms in total. The Morgan fingerprint density at radius 1 is 0.658 bits per heavy atom. The molecule has 0 aromatic heterocycles. The Morgan fingerprint density at radius 3 is 1.29 bits per heavy atom. The van der Waals surface area contributed by atoms with Crippen LogP contribution in [-0.4, -0.2) is 31.3 Å². The minimum atomic E-state index is -1.41. The smallest absolute Gasteiger partial charge is 0.212 e. The van der Waals surface area contributed by atoms with E-state index in [-0.39, 0.29) is 5.71 Å². The van der Waals surface area contributed by atoms with Gasteiger partial charge in [-0.25, -0.2) is 0 Å². The molecule has 0 atom stereocenters. The van der Waals surface area contributed by atoms with Crippen molar-refractivity contribution < 1.29 is 19.6 Å². The fourth-order valence-electron chi connectivity index (χ4n) is 4.34. The minimum absolute atomic E-state index is 0.271. The lowest BCUT2D eigenvalue weighted by Gasteiger charge is -2.33. The zero-order valence-electron chi connectivity index (χ0n) is 22.3. The Hall–Kier alpha value is -4.22. The van der Waals surface area contributed by atoms with Gasteiger partial charge in [0.05, 0.1) is 25.6 Å². The molecule has 4 aromatic carbocycles. The van der Waals surface area contributed by atoms with Crippen molar-refractivity contribution in [3.63, 3.8) is 0 Å². The van der Waals surface area contributed by atoms with Crippen LogP contribution >= 0.6 is 0 Å². The molecule has 4 rings (SSSR count). The number of nitrogens with zero attached hydrogens (tertiary/aromatic N) is 1. The third-order valence-corrected chi connectivity index (χ3v) is 6.56. The van der Waals surface area contributed by atoms with E-state index in [1.807, 2.05) is 91.0 Å². The van der Waals surface area contributed by atoms with Gasteiger partial charge >= 0.3 is 0 Å². The van der Waals surface area contributed by atoms with Crippen LogP contribution in [0.3, 0.4) is 0 Å². The van der Waals surface area contributed by atoms with Crippen molar-refractivity contribution in [3.05, 3.63) is 144 Å². The van der Waals surface area contributed by atoms with Crippen molar-refractivity contribution >= 4 is 11.7 Å². The van der Waals surface area contributed by atoms with Gasteiger partial charge < -0.3 is 19.6 Å². The molecular formula is C33H36N2O3. The summed E-state index contributed by atoms with van der Waals surface area (Å²) >= 11 is 0. The van der Waals surface area contributed by atoms with Crippen LogP contribution < -0.4 is 10.0 Å². The molecule has 196 valence electrons. The summed E-state index contributed by atoms with van der Waals surface area (Å²) < 4.78 is 0. The predicted molar refractivity (Wildman–Crippen MR) is 151 cm³/mol. The van der Waals surface area contributed by atoms with E-state index in [2.05, 4.69) is 25.9 Å². The van der Waals surface area contributed by atoms with Gasteiger partial charge in [0.15, 0.2) is 0 Å². The molecule has 0 spiro atoms. The number of hydrogen-bond donors (Lipinski definition) is 1. The van der Waals surface area contributed by atoms with Gasteiger partial charge in [-0.05, 0) is 20.8 Å². The molecule has 4 aromatic rings. The quantitative estimate of drug-likeness (QED) is 0.199. The highest BCUT2D eigenvalue weighted by Crippen LogP contribution is 2.40. The molecule has 0 fully saturated rings. The normalized spacial score (nSPS) is 11.4. The van der Waals surface area contributed by atoms with Gasteiger partial charge in [-0.2, -0.15) is 0 Å². The molecule has 0 saturated carbocycles. The zero-order chi connectivity index (χ0) is 27.2. The number of carboxylic acids is 1. The predicted octanol–water partition coefficient (Wildman–Crippen LogP) is 4.08. The molecule has 0 unspecified atom stereocenters. The fraction of sp³-hybridized carbons (Fsp3) is 0.212. The van der Waals surface area contributed by atoms with Crippen molar-refractivity contribution in [2.75, 3.05) is 19.6 Å².